The van der Waals surface area contributed by atoms with Crippen LogP contribution in [0.1, 0.15) is 42.0 Å². The zero-order valence-corrected chi connectivity index (χ0v) is 25.1. The number of carbonyl (C=O) groups excluding carboxylic acids is 2. The van der Waals surface area contributed by atoms with E-state index in [9.17, 15) is 18.0 Å². The van der Waals surface area contributed by atoms with Crippen molar-refractivity contribution in [3.05, 3.63) is 100 Å². The van der Waals surface area contributed by atoms with E-state index >= 15 is 0 Å². The summed E-state index contributed by atoms with van der Waals surface area (Å²) in [7, 11) is -3.58. The van der Waals surface area contributed by atoms with Gasteiger partial charge in [0.2, 0.25) is 21.8 Å². The van der Waals surface area contributed by atoms with E-state index in [-0.39, 0.29) is 31.3 Å². The van der Waals surface area contributed by atoms with Crippen LogP contribution in [0.15, 0.2) is 72.8 Å². The van der Waals surface area contributed by atoms with Crippen LogP contribution in [0, 0.1) is 13.8 Å². The van der Waals surface area contributed by atoms with Gasteiger partial charge in [0.1, 0.15) is 6.04 Å². The van der Waals surface area contributed by atoms with Gasteiger partial charge in [-0.25, -0.2) is 8.42 Å². The maximum atomic E-state index is 13.8. The highest BCUT2D eigenvalue weighted by Crippen LogP contribution is 2.26. The van der Waals surface area contributed by atoms with E-state index in [1.807, 2.05) is 75.4 Å². The third kappa shape index (κ3) is 8.57. The van der Waals surface area contributed by atoms with E-state index in [2.05, 4.69) is 5.32 Å². The van der Waals surface area contributed by atoms with E-state index in [1.54, 1.807) is 23.1 Å². The monoisotopic (exact) mass is 583 g/mol. The molecule has 0 aliphatic rings. The molecule has 40 heavy (non-hydrogen) atoms. The lowest BCUT2D eigenvalue weighted by Gasteiger charge is -2.32. The molecule has 0 saturated carbocycles. The number of carbonyl (C=O) groups is 2. The molecule has 0 saturated heterocycles. The average Bonchev–Trinajstić information content (AvgIpc) is 2.90. The fraction of sp³-hybridized carbons (Fsp3) is 0.355. The van der Waals surface area contributed by atoms with E-state index in [0.717, 1.165) is 22.3 Å². The lowest BCUT2D eigenvalue weighted by Crippen LogP contribution is -2.50. The molecule has 0 heterocycles. The maximum Gasteiger partial charge on any atom is 0.243 e. The minimum atomic E-state index is -3.58. The number of hydrogen-bond donors (Lipinski definition) is 1. The summed E-state index contributed by atoms with van der Waals surface area (Å²) in [6.07, 6.45) is 1.88. The quantitative estimate of drug-likeness (QED) is 0.297. The summed E-state index contributed by atoms with van der Waals surface area (Å²) in [5.41, 5.74) is 4.20. The van der Waals surface area contributed by atoms with Crippen LogP contribution in [0.3, 0.4) is 0 Å². The van der Waals surface area contributed by atoms with E-state index in [4.69, 9.17) is 11.6 Å². The minimum Gasteiger partial charge on any atom is -0.355 e. The summed E-state index contributed by atoms with van der Waals surface area (Å²) in [6, 6.07) is 21.6. The number of nitrogens with one attached hydrogen (secondary N) is 1. The molecule has 1 unspecified atom stereocenters. The molecule has 3 rings (SSSR count). The number of amides is 2. The van der Waals surface area contributed by atoms with Crippen LogP contribution in [0.25, 0.3) is 0 Å². The van der Waals surface area contributed by atoms with Crippen molar-refractivity contribution in [2.75, 3.05) is 23.7 Å². The fourth-order valence-electron chi connectivity index (χ4n) is 4.67. The van der Waals surface area contributed by atoms with Gasteiger partial charge in [-0.1, -0.05) is 66.2 Å². The first kappa shape index (κ1) is 31.2. The number of sulfonamides is 1. The molecule has 0 aromatic heterocycles. The Kier molecular flexibility index (Phi) is 11.2. The van der Waals surface area contributed by atoms with Crippen molar-refractivity contribution in [1.82, 2.24) is 10.2 Å². The molecule has 0 bridgehead atoms. The molecule has 9 heteroatoms. The summed E-state index contributed by atoms with van der Waals surface area (Å²) >= 11 is 6.23. The van der Waals surface area contributed by atoms with Gasteiger partial charge in [-0.3, -0.25) is 13.9 Å². The zero-order chi connectivity index (χ0) is 29.3. The van der Waals surface area contributed by atoms with Crippen molar-refractivity contribution in [3.8, 4) is 0 Å². The molecule has 1 N–H and O–H groups in total. The smallest absolute Gasteiger partial charge is 0.243 e. The molecule has 214 valence electrons. The predicted molar refractivity (Wildman–Crippen MR) is 162 cm³/mol. The number of rotatable bonds is 13. The van der Waals surface area contributed by atoms with E-state index in [0.29, 0.717) is 30.1 Å². The maximum absolute atomic E-state index is 13.8. The molecule has 0 spiro atoms. The van der Waals surface area contributed by atoms with Crippen LogP contribution in [-0.2, 0) is 32.6 Å². The average molecular weight is 584 g/mol. The second-order valence-corrected chi connectivity index (χ2v) is 12.3. The second kappa shape index (κ2) is 14.3. The molecule has 3 aromatic rings. The van der Waals surface area contributed by atoms with Crippen molar-refractivity contribution in [2.45, 2.75) is 52.6 Å². The highest BCUT2D eigenvalue weighted by molar-refractivity contribution is 7.92. The first-order chi connectivity index (χ1) is 19.0. The normalized spacial score (nSPS) is 12.0. The summed E-state index contributed by atoms with van der Waals surface area (Å²) < 4.78 is 26.8. The van der Waals surface area contributed by atoms with Gasteiger partial charge in [-0.2, -0.15) is 0 Å². The Labute approximate surface area is 243 Å². The number of likely N-dealkylation sites (N-methyl/N-ethyl adjacent to an activating group) is 1. The SMILES string of the molecule is CCNC(=O)C(Cc1ccccc1)N(Cc1cccc(Cl)c1)C(=O)CCCN(c1cccc(C)c1C)S(C)(=O)=O. The third-order valence-electron chi connectivity index (χ3n) is 6.86. The van der Waals surface area contributed by atoms with Crippen molar-refractivity contribution in [2.24, 2.45) is 0 Å². The summed E-state index contributed by atoms with van der Waals surface area (Å²) in [5.74, 6) is -0.476. The fourth-order valence-corrected chi connectivity index (χ4v) is 5.89. The molecule has 2 amide bonds. The first-order valence-electron chi connectivity index (χ1n) is 13.4. The van der Waals surface area contributed by atoms with E-state index < -0.39 is 16.1 Å². The number of nitrogens with zero attached hydrogens (tertiary/aromatic N) is 2. The lowest BCUT2D eigenvalue weighted by molar-refractivity contribution is -0.141. The summed E-state index contributed by atoms with van der Waals surface area (Å²) in [6.45, 7) is 6.44. The van der Waals surface area contributed by atoms with Crippen molar-refractivity contribution < 1.29 is 18.0 Å². The third-order valence-corrected chi connectivity index (χ3v) is 8.28. The van der Waals surface area contributed by atoms with Gasteiger partial charge in [0.15, 0.2) is 0 Å². The molecule has 1 atom stereocenters. The molecule has 0 aliphatic heterocycles. The van der Waals surface area contributed by atoms with Crippen LogP contribution in [0.4, 0.5) is 5.69 Å². The Morgan fingerprint density at radius 1 is 0.950 bits per heavy atom. The van der Waals surface area contributed by atoms with Crippen LogP contribution in [-0.4, -0.2) is 50.5 Å². The number of anilines is 1. The van der Waals surface area contributed by atoms with Crippen molar-refractivity contribution in [3.63, 3.8) is 0 Å². The predicted octanol–water partition coefficient (Wildman–Crippen LogP) is 5.28. The Morgan fingerprint density at radius 2 is 1.62 bits per heavy atom. The van der Waals surface area contributed by atoms with Gasteiger partial charge >= 0.3 is 0 Å². The molecule has 3 aromatic carbocycles. The van der Waals surface area contributed by atoms with Gasteiger partial charge in [0.05, 0.1) is 11.9 Å². The Bertz CT molecular complexity index is 1410. The number of aryl methyl sites for hydroxylation is 1. The molecular weight excluding hydrogens is 546 g/mol. The topological polar surface area (TPSA) is 86.8 Å². The van der Waals surface area contributed by atoms with Gasteiger partial charge in [0, 0.05) is 37.5 Å². The molecular formula is C31H38ClN3O4S. The summed E-state index contributed by atoms with van der Waals surface area (Å²) in [4.78, 5) is 28.7. The zero-order valence-electron chi connectivity index (χ0n) is 23.6. The van der Waals surface area contributed by atoms with Gasteiger partial charge in [-0.15, -0.1) is 0 Å². The van der Waals surface area contributed by atoms with Gasteiger partial charge < -0.3 is 10.2 Å². The standard InChI is InChI=1S/C31H38ClN3O4S/c1-5-33-31(37)29(21-25-13-7-6-8-14-25)34(22-26-15-10-16-27(32)20-26)30(36)18-11-19-35(40(4,38)39)28-17-9-12-23(2)24(28)3/h6-10,12-17,20,29H,5,11,18-19,21-22H2,1-4H3,(H,33,37). The van der Waals surface area contributed by atoms with Crippen molar-refractivity contribution in [1.29, 1.82) is 0 Å². The molecule has 0 fully saturated rings. The lowest BCUT2D eigenvalue weighted by atomic mass is 10.0. The Morgan fingerprint density at radius 3 is 2.27 bits per heavy atom. The largest absolute Gasteiger partial charge is 0.355 e. The Hall–Kier alpha value is -3.36. The minimum absolute atomic E-state index is 0.0716. The number of benzene rings is 3. The van der Waals surface area contributed by atoms with Crippen LogP contribution < -0.4 is 9.62 Å². The van der Waals surface area contributed by atoms with E-state index in [1.165, 1.54) is 10.6 Å². The van der Waals surface area contributed by atoms with Gasteiger partial charge in [0.25, 0.3) is 0 Å². The second-order valence-electron chi connectivity index (χ2n) is 9.91. The number of halogens is 1. The van der Waals surface area contributed by atoms with Crippen LogP contribution >= 0.6 is 11.6 Å². The van der Waals surface area contributed by atoms with Crippen LogP contribution in [0.5, 0.6) is 0 Å². The highest BCUT2D eigenvalue weighted by Gasteiger charge is 2.30. The van der Waals surface area contributed by atoms with Crippen molar-refractivity contribution >= 4 is 39.1 Å². The van der Waals surface area contributed by atoms with Gasteiger partial charge in [-0.05, 0) is 67.6 Å². The number of hydrogen-bond acceptors (Lipinski definition) is 4. The first-order valence-corrected chi connectivity index (χ1v) is 15.6. The molecule has 7 nitrogen and oxygen atoms in total. The van der Waals surface area contributed by atoms with Crippen LogP contribution in [0.2, 0.25) is 5.02 Å². The molecule has 0 aliphatic carbocycles. The Balaban J connectivity index is 1.88. The molecule has 0 radical (unpaired) electrons. The highest BCUT2D eigenvalue weighted by atomic mass is 35.5. The summed E-state index contributed by atoms with van der Waals surface area (Å²) in [5, 5.41) is 3.42.